The molecular weight excluding hydrogens is 384 g/mol. The number of nitrogens with one attached hydrogen (secondary N) is 1. The van der Waals surface area contributed by atoms with Gasteiger partial charge >= 0.3 is 0 Å². The number of hydrogen-bond acceptors (Lipinski definition) is 4. The Kier molecular flexibility index (Phi) is 6.89. The van der Waals surface area contributed by atoms with Gasteiger partial charge in [-0.3, -0.25) is 9.89 Å². The number of benzene rings is 1. The van der Waals surface area contributed by atoms with Crippen LogP contribution in [-0.2, 0) is 22.9 Å². The van der Waals surface area contributed by atoms with E-state index >= 15 is 0 Å². The van der Waals surface area contributed by atoms with Crippen LogP contribution in [0.5, 0.6) is 0 Å². The Balaban J connectivity index is 1.55. The van der Waals surface area contributed by atoms with Crippen LogP contribution in [0.25, 0.3) is 0 Å². The van der Waals surface area contributed by atoms with E-state index in [4.69, 9.17) is 0 Å². The van der Waals surface area contributed by atoms with Crippen molar-refractivity contribution < 1.29 is 8.42 Å². The van der Waals surface area contributed by atoms with Gasteiger partial charge in [0.25, 0.3) is 0 Å². The predicted molar refractivity (Wildman–Crippen MR) is 120 cm³/mol. The van der Waals surface area contributed by atoms with Crippen LogP contribution in [0, 0.1) is 0 Å². The van der Waals surface area contributed by atoms with Crippen molar-refractivity contribution in [3.63, 3.8) is 0 Å². The molecule has 0 aliphatic carbocycles. The van der Waals surface area contributed by atoms with Crippen LogP contribution >= 0.6 is 0 Å². The van der Waals surface area contributed by atoms with Crippen LogP contribution < -0.4 is 5.32 Å². The number of nitrogens with zero attached hydrogens (tertiary/aromatic N) is 3. The molecule has 2 fully saturated rings. The van der Waals surface area contributed by atoms with E-state index in [1.165, 1.54) is 36.9 Å². The second-order valence-corrected chi connectivity index (χ2v) is 11.8. The van der Waals surface area contributed by atoms with Gasteiger partial charge in [0.05, 0.1) is 10.5 Å². The summed E-state index contributed by atoms with van der Waals surface area (Å²) in [6, 6.07) is 9.46. The highest BCUT2D eigenvalue weighted by Gasteiger charge is 2.40. The van der Waals surface area contributed by atoms with E-state index in [1.807, 2.05) is 4.90 Å². The van der Waals surface area contributed by atoms with E-state index in [1.54, 1.807) is 20.9 Å². The van der Waals surface area contributed by atoms with Gasteiger partial charge in [-0.2, -0.15) is 0 Å². The standard InChI is InChI=1S/C22H36N4O2S/c1-18-7-5-6-12-25(18)16-20-10-8-19(9-11-20)15-24-21(23-4)26-13-14-29(27,28)22(2,3)17-26/h8-11,18H,5-7,12-17H2,1-4H3,(H,23,24). The van der Waals surface area contributed by atoms with Crippen LogP contribution in [-0.4, -0.2) is 67.4 Å². The maximum Gasteiger partial charge on any atom is 0.193 e. The zero-order valence-electron chi connectivity index (χ0n) is 18.3. The number of piperidine rings is 1. The van der Waals surface area contributed by atoms with Gasteiger partial charge in [-0.15, -0.1) is 0 Å². The quantitative estimate of drug-likeness (QED) is 0.599. The van der Waals surface area contributed by atoms with E-state index in [9.17, 15) is 8.42 Å². The molecule has 1 aromatic carbocycles. The highest BCUT2D eigenvalue weighted by molar-refractivity contribution is 7.92. The minimum Gasteiger partial charge on any atom is -0.352 e. The molecule has 1 aromatic rings. The Hall–Kier alpha value is -1.60. The second-order valence-electron chi connectivity index (χ2n) is 9.03. The molecule has 7 heteroatoms. The third kappa shape index (κ3) is 5.31. The maximum atomic E-state index is 12.2. The normalized spacial score (nSPS) is 25.0. The molecule has 0 saturated carbocycles. The van der Waals surface area contributed by atoms with Crippen LogP contribution in [0.3, 0.4) is 0 Å². The van der Waals surface area contributed by atoms with Crippen LogP contribution in [0.4, 0.5) is 0 Å². The molecule has 1 atom stereocenters. The van der Waals surface area contributed by atoms with Gasteiger partial charge in [0.2, 0.25) is 0 Å². The van der Waals surface area contributed by atoms with Gasteiger partial charge < -0.3 is 10.2 Å². The van der Waals surface area contributed by atoms with Crippen LogP contribution in [0.2, 0.25) is 0 Å². The van der Waals surface area contributed by atoms with Gasteiger partial charge in [-0.1, -0.05) is 30.7 Å². The summed E-state index contributed by atoms with van der Waals surface area (Å²) in [6.45, 7) is 9.76. The summed E-state index contributed by atoms with van der Waals surface area (Å²) in [5.74, 6) is 0.934. The summed E-state index contributed by atoms with van der Waals surface area (Å²) in [5.41, 5.74) is 2.56. The third-order valence-corrected chi connectivity index (χ3v) is 8.89. The highest BCUT2D eigenvalue weighted by atomic mass is 32.2. The average molecular weight is 421 g/mol. The molecule has 0 aromatic heterocycles. The van der Waals surface area contributed by atoms with E-state index in [0.717, 1.165) is 12.5 Å². The number of sulfone groups is 1. The fourth-order valence-corrected chi connectivity index (χ4v) is 5.59. The maximum absolute atomic E-state index is 12.2. The van der Waals surface area contributed by atoms with Crippen molar-refractivity contribution in [3.8, 4) is 0 Å². The topological polar surface area (TPSA) is 65.0 Å². The van der Waals surface area contributed by atoms with Crippen LogP contribution in [0.15, 0.2) is 29.3 Å². The number of hydrogen-bond donors (Lipinski definition) is 1. The van der Waals surface area contributed by atoms with Crippen molar-refractivity contribution in [2.24, 2.45) is 4.99 Å². The molecule has 0 amide bonds. The first-order chi connectivity index (χ1) is 13.7. The highest BCUT2D eigenvalue weighted by Crippen LogP contribution is 2.24. The lowest BCUT2D eigenvalue weighted by molar-refractivity contribution is 0.152. The van der Waals surface area contributed by atoms with Gasteiger partial charge in [0, 0.05) is 39.3 Å². The average Bonchev–Trinajstić information content (AvgIpc) is 2.68. The number of likely N-dealkylation sites (tertiary alicyclic amines) is 1. The largest absolute Gasteiger partial charge is 0.352 e. The molecule has 0 radical (unpaired) electrons. The Bertz CT molecular complexity index is 818. The molecule has 1 unspecified atom stereocenters. The Morgan fingerprint density at radius 3 is 2.48 bits per heavy atom. The molecule has 0 bridgehead atoms. The monoisotopic (exact) mass is 420 g/mol. The first-order valence-electron chi connectivity index (χ1n) is 10.7. The molecule has 2 saturated heterocycles. The molecule has 2 heterocycles. The third-order valence-electron chi connectivity index (χ3n) is 6.35. The van der Waals surface area contributed by atoms with E-state index in [0.29, 0.717) is 25.7 Å². The Morgan fingerprint density at radius 1 is 1.17 bits per heavy atom. The summed E-state index contributed by atoms with van der Waals surface area (Å²) < 4.78 is 23.7. The molecule has 3 rings (SSSR count). The van der Waals surface area contributed by atoms with Crippen molar-refractivity contribution >= 4 is 15.8 Å². The molecule has 29 heavy (non-hydrogen) atoms. The van der Waals surface area contributed by atoms with Gasteiger partial charge in [-0.25, -0.2) is 8.42 Å². The summed E-state index contributed by atoms with van der Waals surface area (Å²) in [5, 5.41) is 3.40. The van der Waals surface area contributed by atoms with E-state index in [-0.39, 0.29) is 5.75 Å². The molecule has 6 nitrogen and oxygen atoms in total. The van der Waals surface area contributed by atoms with Gasteiger partial charge in [0.15, 0.2) is 15.8 Å². The predicted octanol–water partition coefficient (Wildman–Crippen LogP) is 2.65. The SMILES string of the molecule is CN=C(NCc1ccc(CN2CCCCC2C)cc1)N1CCS(=O)(=O)C(C)(C)C1. The summed E-state index contributed by atoms with van der Waals surface area (Å²) in [6.07, 6.45) is 3.96. The lowest BCUT2D eigenvalue weighted by atomic mass is 10.0. The van der Waals surface area contributed by atoms with Crippen molar-refractivity contribution in [2.45, 2.75) is 63.9 Å². The summed E-state index contributed by atoms with van der Waals surface area (Å²) in [4.78, 5) is 9.00. The lowest BCUT2D eigenvalue weighted by Crippen LogP contribution is -2.57. The zero-order valence-corrected chi connectivity index (χ0v) is 19.1. The van der Waals surface area contributed by atoms with E-state index in [2.05, 4.69) is 46.4 Å². The van der Waals surface area contributed by atoms with Crippen molar-refractivity contribution in [1.82, 2.24) is 15.1 Å². The molecular formula is C22H36N4O2S. The number of guanidine groups is 1. The fourth-order valence-electron chi connectivity index (χ4n) is 4.23. The smallest absolute Gasteiger partial charge is 0.193 e. The Morgan fingerprint density at radius 2 is 1.86 bits per heavy atom. The first-order valence-corrected chi connectivity index (χ1v) is 12.4. The van der Waals surface area contributed by atoms with Crippen molar-refractivity contribution in [3.05, 3.63) is 35.4 Å². The van der Waals surface area contributed by atoms with Gasteiger partial charge in [-0.05, 0) is 51.3 Å². The van der Waals surface area contributed by atoms with Crippen LogP contribution in [0.1, 0.15) is 51.2 Å². The molecule has 1 N–H and O–H groups in total. The number of aliphatic imine (C=N–C) groups is 1. The first kappa shape index (κ1) is 22.1. The van der Waals surface area contributed by atoms with Gasteiger partial charge in [0.1, 0.15) is 0 Å². The summed E-state index contributed by atoms with van der Waals surface area (Å²) >= 11 is 0. The minimum atomic E-state index is -3.05. The minimum absolute atomic E-state index is 0.171. The molecule has 0 spiro atoms. The van der Waals surface area contributed by atoms with Crippen molar-refractivity contribution in [1.29, 1.82) is 0 Å². The lowest BCUT2D eigenvalue weighted by Gasteiger charge is -2.39. The zero-order chi connectivity index (χ0) is 21.1. The summed E-state index contributed by atoms with van der Waals surface area (Å²) in [7, 11) is -1.30. The van der Waals surface area contributed by atoms with E-state index < -0.39 is 14.6 Å². The second kappa shape index (κ2) is 9.04. The number of rotatable bonds is 4. The molecule has 162 valence electrons. The molecule has 2 aliphatic rings. The van der Waals surface area contributed by atoms with Crippen molar-refractivity contribution in [2.75, 3.05) is 32.4 Å². The fraction of sp³-hybridized carbons (Fsp3) is 0.682. The molecule has 2 aliphatic heterocycles. The Labute approximate surface area is 176 Å².